The first-order valence-electron chi connectivity index (χ1n) is 5.07. The quantitative estimate of drug-likeness (QED) is 0.545. The summed E-state index contributed by atoms with van der Waals surface area (Å²) in [4.78, 5) is 2.45. The lowest BCUT2D eigenvalue weighted by Crippen LogP contribution is -2.24. The van der Waals surface area contributed by atoms with Gasteiger partial charge in [0.05, 0.1) is 6.61 Å². The van der Waals surface area contributed by atoms with Crippen molar-refractivity contribution in [2.24, 2.45) is 5.41 Å². The van der Waals surface area contributed by atoms with Crippen molar-refractivity contribution in [2.45, 2.75) is 25.7 Å². The van der Waals surface area contributed by atoms with E-state index >= 15 is 0 Å². The largest absolute Gasteiger partial charge is 0.381 e. The van der Waals surface area contributed by atoms with Crippen LogP contribution in [0.5, 0.6) is 0 Å². The van der Waals surface area contributed by atoms with Crippen LogP contribution in [0.1, 0.15) is 25.7 Å². The van der Waals surface area contributed by atoms with Crippen molar-refractivity contribution < 1.29 is 4.74 Å². The van der Waals surface area contributed by atoms with Crippen LogP contribution in [0.3, 0.4) is 0 Å². The molecule has 2 fully saturated rings. The predicted octanol–water partition coefficient (Wildman–Crippen LogP) is 1.51. The maximum absolute atomic E-state index is 5.51. The molecule has 2 heteroatoms. The third-order valence-electron chi connectivity index (χ3n) is 3.46. The second-order valence-electron chi connectivity index (χ2n) is 4.46. The predicted molar refractivity (Wildman–Crippen MR) is 49.2 cm³/mol. The van der Waals surface area contributed by atoms with Crippen LogP contribution in [-0.2, 0) is 4.74 Å². The third kappa shape index (κ3) is 1.64. The van der Waals surface area contributed by atoms with Crippen molar-refractivity contribution in [1.29, 1.82) is 0 Å². The molecule has 2 heterocycles. The maximum atomic E-state index is 5.51. The smallest absolute Gasteiger partial charge is 0.0523 e. The van der Waals surface area contributed by atoms with Gasteiger partial charge in [-0.1, -0.05) is 0 Å². The average molecular weight is 169 g/mol. The minimum absolute atomic E-state index is 0.574. The molecule has 2 rings (SSSR count). The fraction of sp³-hybridized carbons (Fsp3) is 1.00. The molecule has 1 spiro atoms. The van der Waals surface area contributed by atoms with Crippen molar-refractivity contribution in [3.05, 3.63) is 0 Å². The van der Waals surface area contributed by atoms with Crippen LogP contribution < -0.4 is 0 Å². The molecule has 0 radical (unpaired) electrons. The molecule has 0 aromatic carbocycles. The lowest BCUT2D eigenvalue weighted by atomic mass is 9.80. The monoisotopic (exact) mass is 169 g/mol. The van der Waals surface area contributed by atoms with Gasteiger partial charge in [0, 0.05) is 6.61 Å². The molecule has 0 aliphatic carbocycles. The van der Waals surface area contributed by atoms with E-state index in [1.54, 1.807) is 0 Å². The van der Waals surface area contributed by atoms with Crippen LogP contribution in [0.2, 0.25) is 0 Å². The molecule has 0 saturated carbocycles. The zero-order chi connectivity index (χ0) is 8.44. The van der Waals surface area contributed by atoms with Crippen LogP contribution in [0.25, 0.3) is 0 Å². The van der Waals surface area contributed by atoms with Crippen molar-refractivity contribution in [1.82, 2.24) is 4.90 Å². The molecule has 2 nitrogen and oxygen atoms in total. The Morgan fingerprint density at radius 3 is 2.83 bits per heavy atom. The minimum Gasteiger partial charge on any atom is -0.381 e. The van der Waals surface area contributed by atoms with Crippen LogP contribution in [0, 0.1) is 5.41 Å². The fourth-order valence-corrected chi connectivity index (χ4v) is 2.43. The number of likely N-dealkylation sites (tertiary alicyclic amines) is 1. The summed E-state index contributed by atoms with van der Waals surface area (Å²) in [6.45, 7) is 4.58. The van der Waals surface area contributed by atoms with Crippen molar-refractivity contribution in [3.8, 4) is 0 Å². The molecule has 0 aromatic rings. The standard InChI is InChI=1S/C10H19NO/c1-11-6-2-3-10(4-7-11)5-8-12-9-10/h2-9H2,1H3. The van der Waals surface area contributed by atoms with Crippen LogP contribution in [0.15, 0.2) is 0 Å². The van der Waals surface area contributed by atoms with Gasteiger partial charge >= 0.3 is 0 Å². The second kappa shape index (κ2) is 3.35. The lowest BCUT2D eigenvalue weighted by Gasteiger charge is -2.24. The Balaban J connectivity index is 1.97. The number of ether oxygens (including phenoxy) is 1. The summed E-state index contributed by atoms with van der Waals surface area (Å²) in [5, 5.41) is 0. The SMILES string of the molecule is CN1CCCC2(CCOC2)CC1. The molecule has 0 aromatic heterocycles. The van der Waals surface area contributed by atoms with Gasteiger partial charge in [-0.25, -0.2) is 0 Å². The van der Waals surface area contributed by atoms with Crippen molar-refractivity contribution in [2.75, 3.05) is 33.4 Å². The Hall–Kier alpha value is -0.0800. The Bertz CT molecular complexity index is 152. The highest BCUT2D eigenvalue weighted by molar-refractivity contribution is 4.86. The molecule has 70 valence electrons. The molecular formula is C10H19NO. The van der Waals surface area contributed by atoms with E-state index in [0.717, 1.165) is 13.2 Å². The Morgan fingerprint density at radius 1 is 1.17 bits per heavy atom. The Morgan fingerprint density at radius 2 is 2.08 bits per heavy atom. The summed E-state index contributed by atoms with van der Waals surface area (Å²) in [7, 11) is 2.23. The number of rotatable bonds is 0. The fourth-order valence-electron chi connectivity index (χ4n) is 2.43. The van der Waals surface area contributed by atoms with Gasteiger partial charge in [0.15, 0.2) is 0 Å². The van der Waals surface area contributed by atoms with E-state index in [1.807, 2.05) is 0 Å². The topological polar surface area (TPSA) is 12.5 Å². The van der Waals surface area contributed by atoms with Gasteiger partial charge in [-0.05, 0) is 51.2 Å². The van der Waals surface area contributed by atoms with Gasteiger partial charge < -0.3 is 9.64 Å². The highest BCUT2D eigenvalue weighted by Crippen LogP contribution is 2.38. The van der Waals surface area contributed by atoms with Crippen LogP contribution in [0.4, 0.5) is 0 Å². The van der Waals surface area contributed by atoms with E-state index in [0.29, 0.717) is 5.41 Å². The number of hydrogen-bond donors (Lipinski definition) is 0. The first kappa shape index (κ1) is 8.52. The molecule has 0 bridgehead atoms. The van der Waals surface area contributed by atoms with Gasteiger partial charge in [-0.15, -0.1) is 0 Å². The van der Waals surface area contributed by atoms with Crippen LogP contribution in [-0.4, -0.2) is 38.3 Å². The van der Waals surface area contributed by atoms with Gasteiger partial charge in [0.2, 0.25) is 0 Å². The molecule has 12 heavy (non-hydrogen) atoms. The van der Waals surface area contributed by atoms with E-state index in [2.05, 4.69) is 11.9 Å². The van der Waals surface area contributed by atoms with Gasteiger partial charge in [-0.3, -0.25) is 0 Å². The van der Waals surface area contributed by atoms with Crippen molar-refractivity contribution in [3.63, 3.8) is 0 Å². The van der Waals surface area contributed by atoms with E-state index < -0.39 is 0 Å². The molecular weight excluding hydrogens is 150 g/mol. The minimum atomic E-state index is 0.574. The van der Waals surface area contributed by atoms with E-state index in [-0.39, 0.29) is 0 Å². The molecule has 0 N–H and O–H groups in total. The zero-order valence-corrected chi connectivity index (χ0v) is 8.01. The summed E-state index contributed by atoms with van der Waals surface area (Å²) in [5.74, 6) is 0. The van der Waals surface area contributed by atoms with E-state index in [4.69, 9.17) is 4.74 Å². The summed E-state index contributed by atoms with van der Waals surface area (Å²) in [5.41, 5.74) is 0.574. The van der Waals surface area contributed by atoms with E-state index in [1.165, 1.54) is 38.8 Å². The average Bonchev–Trinajstić information content (AvgIpc) is 2.42. The molecule has 0 amide bonds. The summed E-state index contributed by atoms with van der Waals surface area (Å²) in [6.07, 6.45) is 5.40. The summed E-state index contributed by atoms with van der Waals surface area (Å²) >= 11 is 0. The lowest BCUT2D eigenvalue weighted by molar-refractivity contribution is 0.141. The molecule has 1 atom stereocenters. The molecule has 2 aliphatic heterocycles. The normalized spacial score (nSPS) is 38.8. The van der Waals surface area contributed by atoms with Gasteiger partial charge in [0.1, 0.15) is 0 Å². The molecule has 2 saturated heterocycles. The summed E-state index contributed by atoms with van der Waals surface area (Å²) in [6, 6.07) is 0. The highest BCUT2D eigenvalue weighted by Gasteiger charge is 2.35. The highest BCUT2D eigenvalue weighted by atomic mass is 16.5. The Labute approximate surface area is 74.9 Å². The first-order valence-corrected chi connectivity index (χ1v) is 5.07. The number of nitrogens with zero attached hydrogens (tertiary/aromatic N) is 1. The zero-order valence-electron chi connectivity index (χ0n) is 8.01. The maximum Gasteiger partial charge on any atom is 0.0523 e. The summed E-state index contributed by atoms with van der Waals surface area (Å²) < 4.78 is 5.51. The third-order valence-corrected chi connectivity index (χ3v) is 3.46. The van der Waals surface area contributed by atoms with Crippen LogP contribution >= 0.6 is 0 Å². The van der Waals surface area contributed by atoms with E-state index in [9.17, 15) is 0 Å². The Kier molecular flexibility index (Phi) is 2.37. The van der Waals surface area contributed by atoms with Gasteiger partial charge in [-0.2, -0.15) is 0 Å². The molecule has 1 unspecified atom stereocenters. The first-order chi connectivity index (χ1) is 5.81. The van der Waals surface area contributed by atoms with Crippen molar-refractivity contribution >= 4 is 0 Å². The second-order valence-corrected chi connectivity index (χ2v) is 4.46. The van der Waals surface area contributed by atoms with Gasteiger partial charge in [0.25, 0.3) is 0 Å². The number of hydrogen-bond acceptors (Lipinski definition) is 2. The molecule has 2 aliphatic rings.